The third-order valence-corrected chi connectivity index (χ3v) is 2.78. The lowest BCUT2D eigenvalue weighted by atomic mass is 9.97. The molecule has 0 fully saturated rings. The molecule has 3 nitrogen and oxygen atoms in total. The lowest BCUT2D eigenvalue weighted by Gasteiger charge is -2.26. The first-order chi connectivity index (χ1) is 7.85. The van der Waals surface area contributed by atoms with Gasteiger partial charge < -0.3 is 10.4 Å². The molecule has 0 unspecified atom stereocenters. The molecule has 1 rings (SSSR count). The monoisotopic (exact) mass is 235 g/mol. The molecule has 1 amide bonds. The van der Waals surface area contributed by atoms with E-state index in [9.17, 15) is 9.90 Å². The molecule has 17 heavy (non-hydrogen) atoms. The number of hydrogen-bond donors (Lipinski definition) is 2. The average Bonchev–Trinajstić information content (AvgIpc) is 2.15. The molecule has 0 bridgehead atoms. The smallest absolute Gasteiger partial charge is 0.251 e. The number of benzene rings is 1. The van der Waals surface area contributed by atoms with Crippen LogP contribution in [-0.4, -0.2) is 16.6 Å². The number of carbonyl (C=O) groups is 1. The summed E-state index contributed by atoms with van der Waals surface area (Å²) >= 11 is 0. The fraction of sp³-hybridized carbons (Fsp3) is 0.500. The molecule has 0 heterocycles. The highest BCUT2D eigenvalue weighted by Crippen LogP contribution is 2.17. The normalized spacial score (nSPS) is 11.3. The van der Waals surface area contributed by atoms with Gasteiger partial charge in [-0.25, -0.2) is 0 Å². The second-order valence-corrected chi connectivity index (χ2v) is 5.09. The predicted molar refractivity (Wildman–Crippen MR) is 69.3 cm³/mol. The Morgan fingerprint density at radius 2 is 2.06 bits per heavy atom. The van der Waals surface area contributed by atoms with Crippen molar-refractivity contribution < 1.29 is 9.90 Å². The quantitative estimate of drug-likeness (QED) is 0.842. The molecule has 0 saturated carbocycles. The Balaban J connectivity index is 2.83. The number of rotatable bonds is 4. The molecule has 0 aromatic heterocycles. The zero-order valence-corrected chi connectivity index (χ0v) is 11.0. The Bertz CT molecular complexity index is 411. The first kappa shape index (κ1) is 13.6. The maximum atomic E-state index is 12.1. The zero-order valence-electron chi connectivity index (χ0n) is 11.0. The molecule has 2 N–H and O–H groups in total. The van der Waals surface area contributed by atoms with Crippen LogP contribution in [0.15, 0.2) is 18.2 Å². The Hall–Kier alpha value is -1.51. The van der Waals surface area contributed by atoms with Gasteiger partial charge in [0.15, 0.2) is 0 Å². The van der Waals surface area contributed by atoms with Gasteiger partial charge in [-0.1, -0.05) is 13.3 Å². The number of aromatic hydroxyl groups is 1. The first-order valence-corrected chi connectivity index (χ1v) is 5.98. The van der Waals surface area contributed by atoms with Crippen LogP contribution in [0, 0.1) is 6.92 Å². The van der Waals surface area contributed by atoms with Gasteiger partial charge in [-0.3, -0.25) is 4.79 Å². The van der Waals surface area contributed by atoms with Crippen LogP contribution in [0.5, 0.6) is 5.75 Å². The molecule has 3 heteroatoms. The highest BCUT2D eigenvalue weighted by Gasteiger charge is 2.20. The van der Waals surface area contributed by atoms with Crippen LogP contribution in [0.3, 0.4) is 0 Å². The van der Waals surface area contributed by atoms with Gasteiger partial charge in [-0.2, -0.15) is 0 Å². The summed E-state index contributed by atoms with van der Waals surface area (Å²) in [5, 5.41) is 12.3. The van der Waals surface area contributed by atoms with Crippen molar-refractivity contribution in [1.29, 1.82) is 0 Å². The molecule has 94 valence electrons. The number of phenolic OH excluding ortho intramolecular Hbond substituents is 1. The van der Waals surface area contributed by atoms with Crippen LogP contribution < -0.4 is 5.32 Å². The van der Waals surface area contributed by atoms with E-state index in [-0.39, 0.29) is 17.2 Å². The third kappa shape index (κ3) is 3.77. The molecular formula is C14H21NO2. The average molecular weight is 235 g/mol. The van der Waals surface area contributed by atoms with Crippen LogP contribution in [0.4, 0.5) is 0 Å². The Morgan fingerprint density at radius 1 is 1.41 bits per heavy atom. The summed E-state index contributed by atoms with van der Waals surface area (Å²) in [6, 6.07) is 4.79. The molecular weight excluding hydrogens is 214 g/mol. The van der Waals surface area contributed by atoms with E-state index in [4.69, 9.17) is 0 Å². The number of aryl methyl sites for hydroxylation is 1. The van der Waals surface area contributed by atoms with Gasteiger partial charge in [0.05, 0.1) is 0 Å². The first-order valence-electron chi connectivity index (χ1n) is 5.98. The fourth-order valence-corrected chi connectivity index (χ4v) is 1.96. The summed E-state index contributed by atoms with van der Waals surface area (Å²) in [5.41, 5.74) is 1.21. The van der Waals surface area contributed by atoms with Crippen molar-refractivity contribution in [2.75, 3.05) is 0 Å². The molecule has 0 atom stereocenters. The van der Waals surface area contributed by atoms with Crippen molar-refractivity contribution in [2.24, 2.45) is 0 Å². The minimum Gasteiger partial charge on any atom is -0.508 e. The summed E-state index contributed by atoms with van der Waals surface area (Å²) in [6.07, 6.45) is 1.97. The largest absolute Gasteiger partial charge is 0.508 e. The van der Waals surface area contributed by atoms with Crippen molar-refractivity contribution in [3.63, 3.8) is 0 Å². The van der Waals surface area contributed by atoms with E-state index in [1.165, 1.54) is 6.07 Å². The van der Waals surface area contributed by atoms with Crippen molar-refractivity contribution >= 4 is 5.91 Å². The molecule has 0 aliphatic carbocycles. The second kappa shape index (κ2) is 5.21. The van der Waals surface area contributed by atoms with Crippen LogP contribution in [-0.2, 0) is 0 Å². The number of amides is 1. The summed E-state index contributed by atoms with van der Waals surface area (Å²) in [5.74, 6) is 0.104. The summed E-state index contributed by atoms with van der Waals surface area (Å²) in [7, 11) is 0. The molecule has 0 aliphatic rings. The predicted octanol–water partition coefficient (Wildman–Crippen LogP) is 3.01. The Labute approximate surface area is 103 Å². The van der Waals surface area contributed by atoms with Gasteiger partial charge in [0.2, 0.25) is 0 Å². The van der Waals surface area contributed by atoms with Crippen molar-refractivity contribution in [1.82, 2.24) is 5.32 Å². The Kier molecular flexibility index (Phi) is 4.16. The topological polar surface area (TPSA) is 49.3 Å². The molecule has 0 aliphatic heterocycles. The fourth-order valence-electron chi connectivity index (χ4n) is 1.96. The lowest BCUT2D eigenvalue weighted by Crippen LogP contribution is -2.43. The Morgan fingerprint density at radius 3 is 2.59 bits per heavy atom. The zero-order chi connectivity index (χ0) is 13.1. The number of nitrogens with one attached hydrogen (secondary N) is 1. The molecule has 0 spiro atoms. The molecule has 0 saturated heterocycles. The van der Waals surface area contributed by atoms with E-state index in [0.29, 0.717) is 5.56 Å². The minimum absolute atomic E-state index is 0.0825. The van der Waals surface area contributed by atoms with Gasteiger partial charge in [-0.15, -0.1) is 0 Å². The van der Waals surface area contributed by atoms with Crippen molar-refractivity contribution in [2.45, 2.75) is 46.1 Å². The summed E-state index contributed by atoms with van der Waals surface area (Å²) in [6.45, 7) is 7.95. The number of phenols is 1. The van der Waals surface area contributed by atoms with Crippen LogP contribution in [0.25, 0.3) is 0 Å². The van der Waals surface area contributed by atoms with E-state index in [1.54, 1.807) is 12.1 Å². The molecule has 1 aromatic rings. The van der Waals surface area contributed by atoms with Crippen molar-refractivity contribution in [3.8, 4) is 5.75 Å². The van der Waals surface area contributed by atoms with Crippen LogP contribution in [0.2, 0.25) is 0 Å². The maximum absolute atomic E-state index is 12.1. The van der Waals surface area contributed by atoms with E-state index < -0.39 is 0 Å². The van der Waals surface area contributed by atoms with Gasteiger partial charge in [0.25, 0.3) is 5.91 Å². The highest BCUT2D eigenvalue weighted by molar-refractivity contribution is 5.96. The SMILES string of the molecule is CCCC(C)(C)NC(=O)c1ccc(O)cc1C. The van der Waals surface area contributed by atoms with E-state index >= 15 is 0 Å². The van der Waals surface area contributed by atoms with Gasteiger partial charge in [-0.05, 0) is 51.0 Å². The van der Waals surface area contributed by atoms with E-state index in [0.717, 1.165) is 18.4 Å². The summed E-state index contributed by atoms with van der Waals surface area (Å²) in [4.78, 5) is 12.1. The number of carbonyl (C=O) groups excluding carboxylic acids is 1. The van der Waals surface area contributed by atoms with E-state index in [1.807, 2.05) is 20.8 Å². The van der Waals surface area contributed by atoms with Crippen LogP contribution in [0.1, 0.15) is 49.5 Å². The molecule has 0 radical (unpaired) electrons. The van der Waals surface area contributed by atoms with Gasteiger partial charge >= 0.3 is 0 Å². The third-order valence-electron chi connectivity index (χ3n) is 2.78. The maximum Gasteiger partial charge on any atom is 0.251 e. The highest BCUT2D eigenvalue weighted by atomic mass is 16.3. The summed E-state index contributed by atoms with van der Waals surface area (Å²) < 4.78 is 0. The number of hydrogen-bond acceptors (Lipinski definition) is 2. The lowest BCUT2D eigenvalue weighted by molar-refractivity contribution is 0.0908. The second-order valence-electron chi connectivity index (χ2n) is 5.09. The van der Waals surface area contributed by atoms with E-state index in [2.05, 4.69) is 12.2 Å². The standard InChI is InChI=1S/C14H21NO2/c1-5-8-14(3,4)15-13(17)12-7-6-11(16)9-10(12)2/h6-7,9,16H,5,8H2,1-4H3,(H,15,17). The van der Waals surface area contributed by atoms with Crippen LogP contribution >= 0.6 is 0 Å². The van der Waals surface area contributed by atoms with Crippen molar-refractivity contribution in [3.05, 3.63) is 29.3 Å². The van der Waals surface area contributed by atoms with Gasteiger partial charge in [0, 0.05) is 11.1 Å². The molecule has 1 aromatic carbocycles. The van der Waals surface area contributed by atoms with Gasteiger partial charge in [0.1, 0.15) is 5.75 Å². The minimum atomic E-state index is -0.198.